The highest BCUT2D eigenvalue weighted by molar-refractivity contribution is 5.82. The number of carbonyl (C=O) groups excluding carboxylic acids is 2. The highest BCUT2D eigenvalue weighted by Gasteiger charge is 2.42. The number of amides is 2. The summed E-state index contributed by atoms with van der Waals surface area (Å²) in [5, 5.41) is 14.3. The molecule has 0 saturated carbocycles. The molecule has 1 N–H and O–H groups in total. The van der Waals surface area contributed by atoms with Crippen LogP contribution in [0, 0.1) is 16.0 Å². The van der Waals surface area contributed by atoms with Gasteiger partial charge in [-0.05, 0) is 37.3 Å². The lowest BCUT2D eigenvalue weighted by Crippen LogP contribution is -2.62. The van der Waals surface area contributed by atoms with Crippen molar-refractivity contribution in [2.24, 2.45) is 5.92 Å². The van der Waals surface area contributed by atoms with Gasteiger partial charge in [0.2, 0.25) is 11.8 Å². The summed E-state index contributed by atoms with van der Waals surface area (Å²) >= 11 is 0. The molecule has 2 amide bonds. The summed E-state index contributed by atoms with van der Waals surface area (Å²) in [4.78, 5) is 43.1. The van der Waals surface area contributed by atoms with Gasteiger partial charge in [0, 0.05) is 70.8 Å². The van der Waals surface area contributed by atoms with Gasteiger partial charge in [-0.15, -0.1) is 0 Å². The zero-order chi connectivity index (χ0) is 23.4. The van der Waals surface area contributed by atoms with E-state index in [4.69, 9.17) is 4.74 Å². The Kier molecular flexibility index (Phi) is 7.44. The molecular weight excluding hydrogens is 426 g/mol. The van der Waals surface area contributed by atoms with E-state index in [1.165, 1.54) is 6.07 Å². The highest BCUT2D eigenvalue weighted by Crippen LogP contribution is 2.38. The smallest absolute Gasteiger partial charge is 0.269 e. The Morgan fingerprint density at radius 3 is 2.73 bits per heavy atom. The summed E-state index contributed by atoms with van der Waals surface area (Å²) in [6, 6.07) is 4.85. The number of nitro benzene ring substituents is 1. The number of carbonyl (C=O) groups is 2. The number of hydrogen-bond donors (Lipinski definition) is 1. The predicted octanol–water partition coefficient (Wildman–Crippen LogP) is 1.03. The molecule has 10 nitrogen and oxygen atoms in total. The molecule has 1 aromatic carbocycles. The van der Waals surface area contributed by atoms with E-state index >= 15 is 0 Å². The van der Waals surface area contributed by atoms with Crippen molar-refractivity contribution in [3.05, 3.63) is 33.9 Å². The van der Waals surface area contributed by atoms with Crippen LogP contribution in [0.2, 0.25) is 0 Å². The van der Waals surface area contributed by atoms with Crippen LogP contribution in [0.5, 0.6) is 0 Å². The van der Waals surface area contributed by atoms with Crippen LogP contribution in [0.15, 0.2) is 18.2 Å². The number of non-ortho nitro benzene ring substituents is 1. The molecule has 10 heteroatoms. The van der Waals surface area contributed by atoms with Gasteiger partial charge in [-0.25, -0.2) is 0 Å². The van der Waals surface area contributed by atoms with Crippen LogP contribution in [0.3, 0.4) is 0 Å². The molecule has 2 saturated heterocycles. The maximum atomic E-state index is 13.2. The summed E-state index contributed by atoms with van der Waals surface area (Å²) in [5.41, 5.74) is 1.83. The van der Waals surface area contributed by atoms with Gasteiger partial charge in [0.1, 0.15) is 0 Å². The molecule has 2 fully saturated rings. The number of anilines is 1. The molecule has 33 heavy (non-hydrogen) atoms. The number of benzene rings is 1. The van der Waals surface area contributed by atoms with E-state index in [-0.39, 0.29) is 29.5 Å². The minimum absolute atomic E-state index is 0.0429. The minimum Gasteiger partial charge on any atom is -0.385 e. The van der Waals surface area contributed by atoms with E-state index in [1.54, 1.807) is 19.2 Å². The molecular formula is C23H33N5O5. The van der Waals surface area contributed by atoms with Crippen LogP contribution < -0.4 is 10.2 Å². The second-order valence-electron chi connectivity index (χ2n) is 9.10. The quantitative estimate of drug-likeness (QED) is 0.351. The second kappa shape index (κ2) is 10.5. The molecule has 3 aliphatic rings. The number of nitrogens with zero attached hydrogens (tertiary/aromatic N) is 4. The fourth-order valence-corrected chi connectivity index (χ4v) is 5.24. The summed E-state index contributed by atoms with van der Waals surface area (Å²) in [6.07, 6.45) is 3.30. The van der Waals surface area contributed by atoms with Gasteiger partial charge in [0.05, 0.1) is 23.4 Å². The fraction of sp³-hybridized carbons (Fsp3) is 0.652. The van der Waals surface area contributed by atoms with E-state index in [2.05, 4.69) is 15.1 Å². The summed E-state index contributed by atoms with van der Waals surface area (Å²) in [5.74, 6) is -0.230. The monoisotopic (exact) mass is 459 g/mol. The van der Waals surface area contributed by atoms with Crippen LogP contribution in [0.1, 0.15) is 24.8 Å². The first-order chi connectivity index (χ1) is 16.0. The molecule has 2 atom stereocenters. The SMILES string of the molecule is COCCCNC(=O)[C@@H]1Cc2cc([N+](=O)[O-])ccc2N2CCN(CC(=O)N3CCCC3)C[C@H]12. The predicted molar refractivity (Wildman–Crippen MR) is 123 cm³/mol. The first-order valence-electron chi connectivity index (χ1n) is 11.8. The van der Waals surface area contributed by atoms with Gasteiger partial charge in [-0.2, -0.15) is 0 Å². The molecule has 0 unspecified atom stereocenters. The Hall–Kier alpha value is -2.72. The third kappa shape index (κ3) is 5.27. The van der Waals surface area contributed by atoms with Gasteiger partial charge in [0.15, 0.2) is 0 Å². The number of nitrogens with one attached hydrogen (secondary N) is 1. The zero-order valence-electron chi connectivity index (χ0n) is 19.2. The zero-order valence-corrected chi connectivity index (χ0v) is 19.2. The van der Waals surface area contributed by atoms with Crippen molar-refractivity contribution in [3.63, 3.8) is 0 Å². The topological polar surface area (TPSA) is 108 Å². The van der Waals surface area contributed by atoms with Crippen molar-refractivity contribution in [2.45, 2.75) is 31.7 Å². The number of rotatable bonds is 8. The minimum atomic E-state index is -0.395. The van der Waals surface area contributed by atoms with Gasteiger partial charge in [0.25, 0.3) is 5.69 Å². The molecule has 0 aromatic heterocycles. The molecule has 0 aliphatic carbocycles. The van der Waals surface area contributed by atoms with Crippen molar-refractivity contribution in [1.29, 1.82) is 0 Å². The summed E-state index contributed by atoms with van der Waals surface area (Å²) in [6.45, 7) is 5.15. The lowest BCUT2D eigenvalue weighted by Gasteiger charge is -2.49. The molecule has 0 spiro atoms. The average molecular weight is 460 g/mol. The maximum Gasteiger partial charge on any atom is 0.269 e. The van der Waals surface area contributed by atoms with Crippen LogP contribution in [0.25, 0.3) is 0 Å². The van der Waals surface area contributed by atoms with Crippen LogP contribution in [-0.2, 0) is 20.7 Å². The second-order valence-corrected chi connectivity index (χ2v) is 9.10. The number of likely N-dealkylation sites (tertiary alicyclic amines) is 1. The lowest BCUT2D eigenvalue weighted by atomic mass is 9.83. The standard InChI is InChI=1S/C23H33N5O5/c1-33-12-4-7-24-23(30)19-14-17-13-18(28(31)32)5-6-20(17)27-11-10-25(15-21(19)27)16-22(29)26-8-2-3-9-26/h5-6,13,19,21H,2-4,7-12,14-16H2,1H3,(H,24,30)/t19-,21-/m1/s1. The van der Waals surface area contributed by atoms with Crippen molar-refractivity contribution in [2.75, 3.05) is 64.4 Å². The highest BCUT2D eigenvalue weighted by atomic mass is 16.6. The number of hydrogen-bond acceptors (Lipinski definition) is 7. The van der Waals surface area contributed by atoms with E-state index in [1.807, 2.05) is 4.90 Å². The Morgan fingerprint density at radius 1 is 1.21 bits per heavy atom. The Bertz CT molecular complexity index is 888. The molecule has 3 heterocycles. The van der Waals surface area contributed by atoms with Crippen molar-refractivity contribution in [3.8, 4) is 0 Å². The average Bonchev–Trinajstić information content (AvgIpc) is 3.36. The van der Waals surface area contributed by atoms with E-state index in [0.29, 0.717) is 45.8 Å². The Balaban J connectivity index is 1.52. The lowest BCUT2D eigenvalue weighted by molar-refractivity contribution is -0.384. The third-order valence-electron chi connectivity index (χ3n) is 6.97. The molecule has 3 aliphatic heterocycles. The van der Waals surface area contributed by atoms with Crippen LogP contribution >= 0.6 is 0 Å². The molecule has 4 rings (SSSR count). The number of piperazine rings is 1. The van der Waals surface area contributed by atoms with E-state index in [9.17, 15) is 19.7 Å². The van der Waals surface area contributed by atoms with Gasteiger partial charge >= 0.3 is 0 Å². The number of nitro groups is 1. The first kappa shape index (κ1) is 23.4. The summed E-state index contributed by atoms with van der Waals surface area (Å²) in [7, 11) is 1.63. The van der Waals surface area contributed by atoms with E-state index < -0.39 is 4.92 Å². The van der Waals surface area contributed by atoms with Gasteiger partial charge in [-0.3, -0.25) is 24.6 Å². The van der Waals surface area contributed by atoms with Crippen LogP contribution in [0.4, 0.5) is 11.4 Å². The van der Waals surface area contributed by atoms with Gasteiger partial charge < -0.3 is 19.9 Å². The third-order valence-corrected chi connectivity index (χ3v) is 6.97. The normalized spacial score (nSPS) is 22.6. The summed E-state index contributed by atoms with van der Waals surface area (Å²) < 4.78 is 5.06. The molecule has 1 aromatic rings. The maximum absolute atomic E-state index is 13.2. The Morgan fingerprint density at radius 2 is 2.00 bits per heavy atom. The van der Waals surface area contributed by atoms with Crippen molar-refractivity contribution in [1.82, 2.24) is 15.1 Å². The van der Waals surface area contributed by atoms with E-state index in [0.717, 1.165) is 43.6 Å². The van der Waals surface area contributed by atoms with Crippen molar-refractivity contribution >= 4 is 23.2 Å². The van der Waals surface area contributed by atoms with Crippen molar-refractivity contribution < 1.29 is 19.2 Å². The molecule has 0 bridgehead atoms. The molecule has 180 valence electrons. The number of methoxy groups -OCH3 is 1. The number of ether oxygens (including phenoxy) is 1. The largest absolute Gasteiger partial charge is 0.385 e. The number of fused-ring (bicyclic) bond motifs is 3. The van der Waals surface area contributed by atoms with Gasteiger partial charge in [-0.1, -0.05) is 0 Å². The fourth-order valence-electron chi connectivity index (χ4n) is 5.24. The first-order valence-corrected chi connectivity index (χ1v) is 11.8. The Labute approximate surface area is 194 Å². The van der Waals surface area contributed by atoms with Crippen LogP contribution in [-0.4, -0.2) is 92.1 Å². The molecule has 0 radical (unpaired) electrons.